The maximum atomic E-state index is 11.7. The summed E-state index contributed by atoms with van der Waals surface area (Å²) in [7, 11) is 1.88. The Morgan fingerprint density at radius 1 is 1.39 bits per heavy atom. The van der Waals surface area contributed by atoms with Crippen LogP contribution in [0.1, 0.15) is 38.8 Å². The summed E-state index contributed by atoms with van der Waals surface area (Å²) in [6.45, 7) is 5.28. The number of H-pyrrole nitrogens is 1. The van der Waals surface area contributed by atoms with Crippen molar-refractivity contribution in [1.29, 1.82) is 0 Å². The van der Waals surface area contributed by atoms with Gasteiger partial charge in [0.1, 0.15) is 6.10 Å². The maximum Gasteiger partial charge on any atom is 0.296 e. The number of alkyl halides is 1. The van der Waals surface area contributed by atoms with Crippen molar-refractivity contribution in [2.45, 2.75) is 50.3 Å². The third-order valence-corrected chi connectivity index (χ3v) is 6.43. The van der Waals surface area contributed by atoms with Crippen LogP contribution in [0.15, 0.2) is 53.1 Å². The van der Waals surface area contributed by atoms with Gasteiger partial charge in [-0.1, -0.05) is 24.3 Å². The molecular formula is C24H29ClN6O2. The zero-order valence-corrected chi connectivity index (χ0v) is 19.9. The smallest absolute Gasteiger partial charge is 0.296 e. The van der Waals surface area contributed by atoms with E-state index in [2.05, 4.69) is 15.3 Å². The molecule has 174 valence electrons. The molecule has 0 radical (unpaired) electrons. The van der Waals surface area contributed by atoms with Crippen molar-refractivity contribution in [2.75, 3.05) is 12.4 Å². The molecule has 2 aliphatic rings. The summed E-state index contributed by atoms with van der Waals surface area (Å²) in [6.07, 6.45) is 8.28. The first kappa shape index (κ1) is 23.1. The van der Waals surface area contributed by atoms with Crippen molar-refractivity contribution >= 4 is 29.3 Å². The molecule has 9 heteroatoms. The molecular weight excluding hydrogens is 440 g/mol. The zero-order chi connectivity index (χ0) is 23.8. The van der Waals surface area contributed by atoms with Gasteiger partial charge in [-0.05, 0) is 49.3 Å². The normalized spacial score (nSPS) is 21.9. The van der Waals surface area contributed by atoms with E-state index in [-0.39, 0.29) is 23.4 Å². The molecule has 2 heterocycles. The van der Waals surface area contributed by atoms with Crippen LogP contribution in [-0.4, -0.2) is 45.0 Å². The summed E-state index contributed by atoms with van der Waals surface area (Å²) < 4.78 is 6.05. The highest BCUT2D eigenvalue weighted by atomic mass is 35.5. The van der Waals surface area contributed by atoms with Gasteiger partial charge in [0.2, 0.25) is 5.91 Å². The average Bonchev–Trinajstić information content (AvgIpc) is 3.19. The third kappa shape index (κ3) is 4.67. The van der Waals surface area contributed by atoms with Crippen molar-refractivity contribution in [3.63, 3.8) is 0 Å². The number of nitrogens with one attached hydrogen (secondary N) is 2. The molecule has 33 heavy (non-hydrogen) atoms. The van der Waals surface area contributed by atoms with Gasteiger partial charge in [-0.15, -0.1) is 11.6 Å². The molecule has 4 N–H and O–H groups in total. The lowest BCUT2D eigenvalue weighted by Gasteiger charge is -2.36. The quantitative estimate of drug-likeness (QED) is 0.261. The summed E-state index contributed by atoms with van der Waals surface area (Å²) in [6, 6.07) is 8.19. The van der Waals surface area contributed by atoms with Gasteiger partial charge in [0.05, 0.1) is 22.3 Å². The number of nitrogens with two attached hydrogens (primary N) is 1. The van der Waals surface area contributed by atoms with Crippen LogP contribution < -0.4 is 26.7 Å². The standard InChI is InChI=1S/C24H29ClN6O2/c1-14(32)31(26)24(2,3)16-8-10-18(11-9-16)33-23-28-20-13-19(25)21(29-22(20)30-23)15-6-5-7-17(12-15)27-4/h5-10,12-13,18-19,21,27H,11,26H2,1-4H3,(H,28,29,30). The topological polar surface area (TPSA) is 109 Å². The lowest BCUT2D eigenvalue weighted by Crippen LogP contribution is -2.52. The maximum absolute atomic E-state index is 11.7. The van der Waals surface area contributed by atoms with Gasteiger partial charge in [-0.25, -0.2) is 5.84 Å². The number of hydrogen-bond acceptors (Lipinski definition) is 6. The molecule has 1 aromatic heterocycles. The molecule has 3 unspecified atom stereocenters. The Hall–Kier alpha value is -3.10. The van der Waals surface area contributed by atoms with Gasteiger partial charge in [0.15, 0.2) is 5.49 Å². The van der Waals surface area contributed by atoms with Crippen LogP contribution in [0, 0.1) is 0 Å². The van der Waals surface area contributed by atoms with E-state index in [0.717, 1.165) is 22.2 Å². The highest BCUT2D eigenvalue weighted by molar-refractivity contribution is 6.24. The number of fused-ring (bicyclic) bond motifs is 1. The molecule has 8 nitrogen and oxygen atoms in total. The minimum Gasteiger partial charge on any atom is -0.457 e. The van der Waals surface area contributed by atoms with Gasteiger partial charge < -0.3 is 15.0 Å². The molecule has 4 rings (SSSR count). The van der Waals surface area contributed by atoms with E-state index in [4.69, 9.17) is 27.2 Å². The van der Waals surface area contributed by atoms with E-state index in [0.29, 0.717) is 17.9 Å². The molecule has 1 aliphatic carbocycles. The molecule has 1 aromatic carbocycles. The van der Waals surface area contributed by atoms with Crippen LogP contribution in [-0.2, 0) is 4.79 Å². The lowest BCUT2D eigenvalue weighted by atomic mass is 9.88. The molecule has 1 amide bonds. The van der Waals surface area contributed by atoms with E-state index in [9.17, 15) is 4.79 Å². The Balaban J connectivity index is 1.50. The fourth-order valence-corrected chi connectivity index (χ4v) is 4.36. The van der Waals surface area contributed by atoms with Crippen LogP contribution in [0.3, 0.4) is 0 Å². The Bertz CT molecular complexity index is 1230. The number of halogens is 1. The van der Waals surface area contributed by atoms with Crippen molar-refractivity contribution < 1.29 is 9.53 Å². The fourth-order valence-electron chi connectivity index (χ4n) is 4.03. The summed E-state index contributed by atoms with van der Waals surface area (Å²) in [5.41, 5.74) is 2.95. The number of carbonyl (C=O) groups excluding carboxylic acids is 1. The third-order valence-electron chi connectivity index (χ3n) is 6.07. The van der Waals surface area contributed by atoms with Gasteiger partial charge >= 0.3 is 0 Å². The Morgan fingerprint density at radius 3 is 2.85 bits per heavy atom. The molecule has 1 aliphatic heterocycles. The van der Waals surface area contributed by atoms with E-state index in [1.54, 1.807) is 0 Å². The minimum atomic E-state index is -0.611. The van der Waals surface area contributed by atoms with Crippen LogP contribution in [0.4, 0.5) is 5.69 Å². The second-order valence-electron chi connectivity index (χ2n) is 8.70. The van der Waals surface area contributed by atoms with Crippen molar-refractivity contribution in [3.8, 4) is 6.01 Å². The zero-order valence-electron chi connectivity index (χ0n) is 19.2. The van der Waals surface area contributed by atoms with Gasteiger partial charge in [0.25, 0.3) is 6.01 Å². The first-order valence-electron chi connectivity index (χ1n) is 10.9. The van der Waals surface area contributed by atoms with Crippen molar-refractivity contribution in [2.24, 2.45) is 10.8 Å². The number of anilines is 1. The SMILES string of the molecule is CNc1cccc(C2N=c3nc(OC4C=CC(C(C)(C)N(N)C(C)=O)=CC4)[nH]c3=CC2Cl)c1. The first-order chi connectivity index (χ1) is 15.7. The summed E-state index contributed by atoms with van der Waals surface area (Å²) in [5.74, 6) is 5.76. The summed E-state index contributed by atoms with van der Waals surface area (Å²) in [5, 5.41) is 4.83. The summed E-state index contributed by atoms with van der Waals surface area (Å²) in [4.78, 5) is 24.2. The van der Waals surface area contributed by atoms with Gasteiger partial charge in [0, 0.05) is 26.1 Å². The molecule has 0 saturated carbocycles. The Morgan fingerprint density at radius 2 is 2.18 bits per heavy atom. The number of hydrazine groups is 1. The van der Waals surface area contributed by atoms with Crippen molar-refractivity contribution in [1.82, 2.24) is 15.0 Å². The van der Waals surface area contributed by atoms with E-state index in [1.807, 2.05) is 69.5 Å². The number of aromatic amines is 1. The number of aromatic nitrogens is 2. The predicted molar refractivity (Wildman–Crippen MR) is 129 cm³/mol. The monoisotopic (exact) mass is 468 g/mol. The number of imidazole rings is 1. The number of hydrogen-bond donors (Lipinski definition) is 3. The van der Waals surface area contributed by atoms with Crippen LogP contribution >= 0.6 is 11.6 Å². The average molecular weight is 469 g/mol. The number of amides is 1. The number of benzene rings is 1. The van der Waals surface area contributed by atoms with Crippen LogP contribution in [0.5, 0.6) is 6.01 Å². The Labute approximate surface area is 197 Å². The predicted octanol–water partition coefficient (Wildman–Crippen LogP) is 2.35. The minimum absolute atomic E-state index is 0.192. The molecule has 0 saturated heterocycles. The van der Waals surface area contributed by atoms with Crippen molar-refractivity contribution in [3.05, 3.63) is 64.5 Å². The number of rotatable bonds is 6. The largest absolute Gasteiger partial charge is 0.457 e. The van der Waals surface area contributed by atoms with Crippen LogP contribution in [0.2, 0.25) is 0 Å². The number of carbonyl (C=O) groups is 1. The number of ether oxygens (including phenoxy) is 1. The van der Waals surface area contributed by atoms with E-state index < -0.39 is 5.54 Å². The molecule has 0 spiro atoms. The Kier molecular flexibility index (Phi) is 6.32. The molecule has 0 fully saturated rings. The highest BCUT2D eigenvalue weighted by Crippen LogP contribution is 2.29. The van der Waals surface area contributed by atoms with Crippen LogP contribution in [0.25, 0.3) is 6.08 Å². The fraction of sp³-hybridized carbons (Fsp3) is 0.375. The van der Waals surface area contributed by atoms with E-state index >= 15 is 0 Å². The molecule has 0 bridgehead atoms. The number of nitrogens with zero attached hydrogens (tertiary/aromatic N) is 3. The lowest BCUT2D eigenvalue weighted by molar-refractivity contribution is -0.133. The highest BCUT2D eigenvalue weighted by Gasteiger charge is 2.31. The molecule has 3 atom stereocenters. The first-order valence-corrected chi connectivity index (χ1v) is 11.3. The summed E-state index contributed by atoms with van der Waals surface area (Å²) >= 11 is 6.63. The van der Waals surface area contributed by atoms with E-state index in [1.165, 1.54) is 11.9 Å². The van der Waals surface area contributed by atoms with Gasteiger partial charge in [-0.3, -0.25) is 14.8 Å². The second kappa shape index (κ2) is 9.03. The molecule has 2 aromatic rings. The van der Waals surface area contributed by atoms with Gasteiger partial charge in [-0.2, -0.15) is 4.98 Å². The second-order valence-corrected chi connectivity index (χ2v) is 9.20.